The van der Waals surface area contributed by atoms with Crippen molar-refractivity contribution >= 4 is 5.97 Å². The highest BCUT2D eigenvalue weighted by molar-refractivity contribution is 5.89. The molecular formula is C23H36O3. The van der Waals surface area contributed by atoms with Crippen LogP contribution in [0.2, 0.25) is 0 Å². The van der Waals surface area contributed by atoms with Crippen molar-refractivity contribution in [1.82, 2.24) is 0 Å². The van der Waals surface area contributed by atoms with E-state index in [4.69, 9.17) is 9.47 Å². The summed E-state index contributed by atoms with van der Waals surface area (Å²) in [4.78, 5) is 12.2. The topological polar surface area (TPSA) is 35.5 Å². The first-order valence-corrected chi connectivity index (χ1v) is 10.0. The van der Waals surface area contributed by atoms with Crippen LogP contribution in [0.4, 0.5) is 0 Å². The standard InChI is InChI=1S/C23H36O3/c1-17(22(2,3)4)18-11-13-19(14-12-18)21(24)25-15-16-26-23(5,6)20-9-7-8-10-20/h11-14,17,20H,7-10,15-16H2,1-6H3. The first-order chi connectivity index (χ1) is 12.1. The average molecular weight is 361 g/mol. The maximum Gasteiger partial charge on any atom is 0.338 e. The molecule has 0 bridgehead atoms. The lowest BCUT2D eigenvalue weighted by Gasteiger charge is -2.31. The van der Waals surface area contributed by atoms with Crippen molar-refractivity contribution in [2.24, 2.45) is 11.3 Å². The second-order valence-corrected chi connectivity index (χ2v) is 9.28. The quantitative estimate of drug-likeness (QED) is 0.443. The Morgan fingerprint density at radius 2 is 1.62 bits per heavy atom. The highest BCUT2D eigenvalue weighted by Gasteiger charge is 2.32. The molecule has 0 aromatic heterocycles. The van der Waals surface area contributed by atoms with Crippen molar-refractivity contribution in [3.05, 3.63) is 35.4 Å². The van der Waals surface area contributed by atoms with Crippen molar-refractivity contribution in [2.45, 2.75) is 78.7 Å². The van der Waals surface area contributed by atoms with Crippen LogP contribution in [-0.4, -0.2) is 24.8 Å². The maximum atomic E-state index is 12.2. The summed E-state index contributed by atoms with van der Waals surface area (Å²) in [6.07, 6.45) is 5.09. The van der Waals surface area contributed by atoms with Gasteiger partial charge in [0.2, 0.25) is 0 Å². The molecule has 1 aliphatic carbocycles. The maximum absolute atomic E-state index is 12.2. The van der Waals surface area contributed by atoms with Gasteiger partial charge in [0, 0.05) is 0 Å². The first kappa shape index (κ1) is 21.0. The van der Waals surface area contributed by atoms with Crippen LogP contribution < -0.4 is 0 Å². The molecule has 0 spiro atoms. The summed E-state index contributed by atoms with van der Waals surface area (Å²) in [5.74, 6) is 0.775. The zero-order valence-corrected chi connectivity index (χ0v) is 17.4. The van der Waals surface area contributed by atoms with Gasteiger partial charge in [-0.25, -0.2) is 4.79 Å². The Kier molecular flexibility index (Phi) is 6.90. The third kappa shape index (κ3) is 5.57. The number of esters is 1. The molecule has 2 rings (SSSR count). The molecule has 146 valence electrons. The third-order valence-electron chi connectivity index (χ3n) is 6.07. The van der Waals surface area contributed by atoms with Gasteiger partial charge >= 0.3 is 5.97 Å². The first-order valence-electron chi connectivity index (χ1n) is 10.0. The van der Waals surface area contributed by atoms with E-state index in [9.17, 15) is 4.79 Å². The summed E-state index contributed by atoms with van der Waals surface area (Å²) in [7, 11) is 0. The molecule has 0 aliphatic heterocycles. The van der Waals surface area contributed by atoms with Crippen LogP contribution in [0, 0.1) is 11.3 Å². The molecule has 0 amide bonds. The Labute approximate surface area is 159 Å². The predicted molar refractivity (Wildman–Crippen MR) is 107 cm³/mol. The van der Waals surface area contributed by atoms with Crippen LogP contribution in [0.1, 0.15) is 89.1 Å². The average Bonchev–Trinajstić information content (AvgIpc) is 3.13. The van der Waals surface area contributed by atoms with Crippen molar-refractivity contribution < 1.29 is 14.3 Å². The monoisotopic (exact) mass is 360 g/mol. The molecule has 1 atom stereocenters. The van der Waals surface area contributed by atoms with Gasteiger partial charge in [-0.2, -0.15) is 0 Å². The Balaban J connectivity index is 1.79. The molecule has 1 unspecified atom stereocenters. The number of benzene rings is 1. The number of hydrogen-bond donors (Lipinski definition) is 0. The molecular weight excluding hydrogens is 324 g/mol. The van der Waals surface area contributed by atoms with E-state index in [1.165, 1.54) is 31.2 Å². The fourth-order valence-electron chi connectivity index (χ4n) is 3.67. The molecule has 0 N–H and O–H groups in total. The zero-order chi connectivity index (χ0) is 19.4. The molecule has 1 aliphatic rings. The largest absolute Gasteiger partial charge is 0.460 e. The van der Waals surface area contributed by atoms with Crippen molar-refractivity contribution in [2.75, 3.05) is 13.2 Å². The fraction of sp³-hybridized carbons (Fsp3) is 0.696. The number of carbonyl (C=O) groups is 1. The van der Waals surface area contributed by atoms with E-state index in [0.717, 1.165) is 0 Å². The third-order valence-corrected chi connectivity index (χ3v) is 6.07. The lowest BCUT2D eigenvalue weighted by atomic mass is 9.78. The molecule has 0 saturated heterocycles. The van der Waals surface area contributed by atoms with E-state index in [1.807, 2.05) is 24.3 Å². The summed E-state index contributed by atoms with van der Waals surface area (Å²) < 4.78 is 11.4. The summed E-state index contributed by atoms with van der Waals surface area (Å²) >= 11 is 0. The molecule has 0 radical (unpaired) electrons. The minimum atomic E-state index is -0.276. The van der Waals surface area contributed by atoms with Gasteiger partial charge in [-0.05, 0) is 61.6 Å². The lowest BCUT2D eigenvalue weighted by Crippen LogP contribution is -2.34. The van der Waals surface area contributed by atoms with Crippen LogP contribution in [0.25, 0.3) is 0 Å². The van der Waals surface area contributed by atoms with Crippen molar-refractivity contribution in [3.63, 3.8) is 0 Å². The molecule has 1 aromatic rings. The molecule has 3 nitrogen and oxygen atoms in total. The van der Waals surface area contributed by atoms with Crippen molar-refractivity contribution in [3.8, 4) is 0 Å². The van der Waals surface area contributed by atoms with E-state index < -0.39 is 0 Å². The van der Waals surface area contributed by atoms with Crippen LogP contribution in [0.15, 0.2) is 24.3 Å². The smallest absolute Gasteiger partial charge is 0.338 e. The number of rotatable bonds is 7. The molecule has 0 heterocycles. The van der Waals surface area contributed by atoms with Crippen LogP contribution in [0.3, 0.4) is 0 Å². The van der Waals surface area contributed by atoms with Gasteiger partial charge in [0.15, 0.2) is 0 Å². The van der Waals surface area contributed by atoms with E-state index >= 15 is 0 Å². The highest BCUT2D eigenvalue weighted by Crippen LogP contribution is 2.36. The normalized spacial score (nSPS) is 17.3. The van der Waals surface area contributed by atoms with E-state index in [1.54, 1.807) is 0 Å². The van der Waals surface area contributed by atoms with E-state index in [2.05, 4.69) is 41.5 Å². The Hall–Kier alpha value is -1.35. The number of ether oxygens (including phenoxy) is 2. The summed E-state index contributed by atoms with van der Waals surface area (Å²) in [6.45, 7) is 14.0. The number of hydrogen-bond acceptors (Lipinski definition) is 3. The van der Waals surface area contributed by atoms with Gasteiger partial charge in [-0.1, -0.05) is 52.7 Å². The molecule has 1 saturated carbocycles. The Morgan fingerprint density at radius 3 is 2.15 bits per heavy atom. The molecule has 1 fully saturated rings. The van der Waals surface area contributed by atoms with Crippen molar-refractivity contribution in [1.29, 1.82) is 0 Å². The second-order valence-electron chi connectivity index (χ2n) is 9.28. The molecule has 1 aromatic carbocycles. The summed E-state index contributed by atoms with van der Waals surface area (Å²) in [6, 6.07) is 7.80. The molecule has 26 heavy (non-hydrogen) atoms. The zero-order valence-electron chi connectivity index (χ0n) is 17.4. The van der Waals surface area contributed by atoms with Gasteiger partial charge < -0.3 is 9.47 Å². The minimum absolute atomic E-state index is 0.131. The van der Waals surface area contributed by atoms with Gasteiger partial charge in [-0.3, -0.25) is 0 Å². The van der Waals surface area contributed by atoms with Crippen LogP contribution in [0.5, 0.6) is 0 Å². The number of carbonyl (C=O) groups excluding carboxylic acids is 1. The Bertz CT molecular complexity index is 574. The predicted octanol–water partition coefficient (Wildman–Crippen LogP) is 5.98. The summed E-state index contributed by atoms with van der Waals surface area (Å²) in [5.41, 5.74) is 1.92. The second kappa shape index (κ2) is 8.56. The van der Waals surface area contributed by atoms with E-state index in [0.29, 0.717) is 30.6 Å². The minimum Gasteiger partial charge on any atom is -0.460 e. The fourth-order valence-corrected chi connectivity index (χ4v) is 3.67. The van der Waals surface area contributed by atoms with Crippen LogP contribution >= 0.6 is 0 Å². The lowest BCUT2D eigenvalue weighted by molar-refractivity contribution is -0.0723. The Morgan fingerprint density at radius 1 is 1.04 bits per heavy atom. The summed E-state index contributed by atoms with van der Waals surface area (Å²) in [5, 5.41) is 0. The highest BCUT2D eigenvalue weighted by atomic mass is 16.6. The van der Waals surface area contributed by atoms with Gasteiger partial charge in [0.1, 0.15) is 6.61 Å². The SMILES string of the molecule is CC(c1ccc(C(=O)OCCOC(C)(C)C2CCCC2)cc1)C(C)(C)C. The van der Waals surface area contributed by atoms with E-state index in [-0.39, 0.29) is 17.0 Å². The molecule has 3 heteroatoms. The van der Waals surface area contributed by atoms with Gasteiger partial charge in [0.05, 0.1) is 17.8 Å². The van der Waals surface area contributed by atoms with Gasteiger partial charge in [-0.15, -0.1) is 0 Å². The van der Waals surface area contributed by atoms with Crippen LogP contribution in [-0.2, 0) is 9.47 Å². The van der Waals surface area contributed by atoms with Gasteiger partial charge in [0.25, 0.3) is 0 Å².